The number of thiazole rings is 1. The first-order valence-electron chi connectivity index (χ1n) is 6.55. The van der Waals surface area contributed by atoms with Gasteiger partial charge in [-0.1, -0.05) is 11.3 Å². The quantitative estimate of drug-likeness (QED) is 0.625. The van der Waals surface area contributed by atoms with Crippen LogP contribution < -0.4 is 5.32 Å². The van der Waals surface area contributed by atoms with Crippen LogP contribution in [-0.2, 0) is 11.2 Å². The van der Waals surface area contributed by atoms with Gasteiger partial charge in [0.1, 0.15) is 4.88 Å². The molecular weight excluding hydrogens is 308 g/mol. The number of aromatic nitrogens is 1. The van der Waals surface area contributed by atoms with Crippen molar-refractivity contribution in [1.82, 2.24) is 4.98 Å². The molecule has 0 aliphatic rings. The summed E-state index contributed by atoms with van der Waals surface area (Å²) in [7, 11) is 0. The van der Waals surface area contributed by atoms with Gasteiger partial charge in [-0.05, 0) is 35.7 Å². The van der Waals surface area contributed by atoms with Crippen LogP contribution in [0.25, 0.3) is 0 Å². The highest BCUT2D eigenvalue weighted by molar-refractivity contribution is 7.17. The Kier molecular flexibility index (Phi) is 5.46. The molecular formula is C14H16N2O3S2. The minimum absolute atomic E-state index is 0.104. The average Bonchev–Trinajstić information content (AvgIpc) is 3.08. The number of nitrogens with one attached hydrogen (secondary N) is 1. The van der Waals surface area contributed by atoms with Crippen molar-refractivity contribution in [2.24, 2.45) is 0 Å². The maximum atomic E-state index is 11.8. The minimum Gasteiger partial charge on any atom is -0.461 e. The SMILES string of the molecule is CCOC(=O)c1nc(NCCc2ccsc2)sc1C(C)=O. The lowest BCUT2D eigenvalue weighted by molar-refractivity contribution is 0.0517. The monoisotopic (exact) mass is 324 g/mol. The normalized spacial score (nSPS) is 10.4. The number of ether oxygens (including phenoxy) is 1. The fourth-order valence-corrected chi connectivity index (χ4v) is 3.30. The molecule has 0 aliphatic heterocycles. The number of nitrogens with zero attached hydrogens (tertiary/aromatic N) is 1. The lowest BCUT2D eigenvalue weighted by atomic mass is 10.2. The van der Waals surface area contributed by atoms with Crippen molar-refractivity contribution < 1.29 is 14.3 Å². The van der Waals surface area contributed by atoms with Gasteiger partial charge in [-0.15, -0.1) is 0 Å². The molecule has 2 heterocycles. The summed E-state index contributed by atoms with van der Waals surface area (Å²) in [4.78, 5) is 27.9. The molecule has 2 rings (SSSR count). The molecule has 2 aromatic rings. The smallest absolute Gasteiger partial charge is 0.358 e. The number of thiophene rings is 1. The zero-order valence-electron chi connectivity index (χ0n) is 11.8. The second-order valence-corrected chi connectivity index (χ2v) is 6.06. The third kappa shape index (κ3) is 4.12. The Morgan fingerprint density at radius 1 is 1.43 bits per heavy atom. The van der Waals surface area contributed by atoms with E-state index in [0.717, 1.165) is 6.42 Å². The van der Waals surface area contributed by atoms with Crippen molar-refractivity contribution >= 4 is 39.6 Å². The molecule has 0 unspecified atom stereocenters. The molecule has 0 saturated heterocycles. The van der Waals surface area contributed by atoms with Crippen LogP contribution in [0.15, 0.2) is 16.8 Å². The number of anilines is 1. The zero-order valence-corrected chi connectivity index (χ0v) is 13.5. The van der Waals surface area contributed by atoms with Crippen LogP contribution >= 0.6 is 22.7 Å². The lowest BCUT2D eigenvalue weighted by Crippen LogP contribution is -2.10. The first-order chi connectivity index (χ1) is 10.1. The van der Waals surface area contributed by atoms with Crippen LogP contribution in [0, 0.1) is 0 Å². The van der Waals surface area contributed by atoms with E-state index in [1.54, 1.807) is 18.3 Å². The van der Waals surface area contributed by atoms with E-state index in [2.05, 4.69) is 21.7 Å². The van der Waals surface area contributed by atoms with E-state index in [1.807, 2.05) is 5.38 Å². The largest absolute Gasteiger partial charge is 0.461 e. The molecule has 0 atom stereocenters. The number of carbonyl (C=O) groups excluding carboxylic acids is 2. The molecule has 5 nitrogen and oxygen atoms in total. The van der Waals surface area contributed by atoms with Gasteiger partial charge in [0, 0.05) is 13.5 Å². The van der Waals surface area contributed by atoms with Crippen molar-refractivity contribution in [3.05, 3.63) is 33.0 Å². The average molecular weight is 324 g/mol. The third-order valence-corrected chi connectivity index (χ3v) is 4.53. The predicted octanol–water partition coefficient (Wildman–Crippen LogP) is 3.24. The van der Waals surface area contributed by atoms with Gasteiger partial charge in [-0.3, -0.25) is 4.79 Å². The fourth-order valence-electron chi connectivity index (χ4n) is 1.72. The molecule has 0 aliphatic carbocycles. The van der Waals surface area contributed by atoms with Gasteiger partial charge in [-0.2, -0.15) is 11.3 Å². The summed E-state index contributed by atoms with van der Waals surface area (Å²) >= 11 is 2.85. The zero-order chi connectivity index (χ0) is 15.2. The number of esters is 1. The van der Waals surface area contributed by atoms with Crippen LogP contribution in [0.1, 0.15) is 39.6 Å². The highest BCUT2D eigenvalue weighted by Gasteiger charge is 2.22. The van der Waals surface area contributed by atoms with Gasteiger partial charge in [0.25, 0.3) is 0 Å². The summed E-state index contributed by atoms with van der Waals surface area (Å²) in [5.41, 5.74) is 1.36. The van der Waals surface area contributed by atoms with Crippen LogP contribution in [0.4, 0.5) is 5.13 Å². The number of hydrogen-bond acceptors (Lipinski definition) is 7. The van der Waals surface area contributed by atoms with E-state index in [-0.39, 0.29) is 18.1 Å². The van der Waals surface area contributed by atoms with Gasteiger partial charge in [-0.25, -0.2) is 9.78 Å². The van der Waals surface area contributed by atoms with Crippen molar-refractivity contribution in [1.29, 1.82) is 0 Å². The number of ketones is 1. The number of Topliss-reactive ketones (excluding diaryl/α,β-unsaturated/α-hetero) is 1. The Bertz CT molecular complexity index is 620. The molecule has 2 aromatic heterocycles. The van der Waals surface area contributed by atoms with E-state index in [9.17, 15) is 9.59 Å². The summed E-state index contributed by atoms with van der Waals surface area (Å²) < 4.78 is 4.92. The second kappa shape index (κ2) is 7.33. The molecule has 0 radical (unpaired) electrons. The van der Waals surface area contributed by atoms with Gasteiger partial charge >= 0.3 is 5.97 Å². The van der Waals surface area contributed by atoms with Crippen LogP contribution in [-0.4, -0.2) is 29.9 Å². The molecule has 112 valence electrons. The van der Waals surface area contributed by atoms with Crippen molar-refractivity contribution in [3.8, 4) is 0 Å². The number of rotatable bonds is 7. The van der Waals surface area contributed by atoms with Crippen LogP contribution in [0.5, 0.6) is 0 Å². The van der Waals surface area contributed by atoms with Gasteiger partial charge in [0.2, 0.25) is 0 Å². The molecule has 0 aromatic carbocycles. The van der Waals surface area contributed by atoms with E-state index >= 15 is 0 Å². The summed E-state index contributed by atoms with van der Waals surface area (Å²) in [6, 6.07) is 2.07. The number of carbonyl (C=O) groups is 2. The molecule has 7 heteroatoms. The Morgan fingerprint density at radius 2 is 2.24 bits per heavy atom. The Labute approximate surface area is 131 Å². The molecule has 1 N–H and O–H groups in total. The Balaban J connectivity index is 2.04. The van der Waals surface area contributed by atoms with E-state index in [1.165, 1.54) is 23.8 Å². The molecule has 0 fully saturated rings. The van der Waals surface area contributed by atoms with Gasteiger partial charge in [0.05, 0.1) is 6.61 Å². The highest BCUT2D eigenvalue weighted by Crippen LogP contribution is 2.24. The van der Waals surface area contributed by atoms with E-state index in [0.29, 0.717) is 16.6 Å². The molecule has 21 heavy (non-hydrogen) atoms. The van der Waals surface area contributed by atoms with Gasteiger partial charge < -0.3 is 10.1 Å². The minimum atomic E-state index is -0.551. The Hall–Kier alpha value is -1.73. The maximum absolute atomic E-state index is 11.8. The van der Waals surface area contributed by atoms with E-state index < -0.39 is 5.97 Å². The lowest BCUT2D eigenvalue weighted by Gasteiger charge is -2.00. The van der Waals surface area contributed by atoms with Crippen molar-refractivity contribution in [3.63, 3.8) is 0 Å². The standard InChI is InChI=1S/C14H16N2O3S2/c1-3-19-13(18)11-12(9(2)17)21-14(16-11)15-6-4-10-5-7-20-8-10/h5,7-8H,3-4,6H2,1-2H3,(H,15,16). The second-order valence-electron chi connectivity index (χ2n) is 4.28. The summed E-state index contributed by atoms with van der Waals surface area (Å²) in [6.07, 6.45) is 0.868. The molecule has 0 saturated carbocycles. The van der Waals surface area contributed by atoms with E-state index in [4.69, 9.17) is 4.74 Å². The molecule has 0 spiro atoms. The first kappa shape index (κ1) is 15.7. The topological polar surface area (TPSA) is 68.3 Å². The fraction of sp³-hybridized carbons (Fsp3) is 0.357. The highest BCUT2D eigenvalue weighted by atomic mass is 32.1. The summed E-state index contributed by atoms with van der Waals surface area (Å²) in [6.45, 7) is 4.10. The first-order valence-corrected chi connectivity index (χ1v) is 8.31. The van der Waals surface area contributed by atoms with Crippen molar-refractivity contribution in [2.45, 2.75) is 20.3 Å². The summed E-state index contributed by atoms with van der Waals surface area (Å²) in [5, 5.41) is 7.84. The van der Waals surface area contributed by atoms with Crippen LogP contribution in [0.3, 0.4) is 0 Å². The molecule has 0 amide bonds. The third-order valence-electron chi connectivity index (χ3n) is 2.69. The molecule has 0 bridgehead atoms. The maximum Gasteiger partial charge on any atom is 0.358 e. The number of hydrogen-bond donors (Lipinski definition) is 1. The predicted molar refractivity (Wildman–Crippen MR) is 84.6 cm³/mol. The Morgan fingerprint density at radius 3 is 2.86 bits per heavy atom. The van der Waals surface area contributed by atoms with Crippen molar-refractivity contribution in [2.75, 3.05) is 18.5 Å². The van der Waals surface area contributed by atoms with Gasteiger partial charge in [0.15, 0.2) is 16.6 Å². The summed E-state index contributed by atoms with van der Waals surface area (Å²) in [5.74, 6) is -0.730. The van der Waals surface area contributed by atoms with Crippen LogP contribution in [0.2, 0.25) is 0 Å².